The normalized spacial score (nSPS) is 16.5. The van der Waals surface area contributed by atoms with Gasteiger partial charge < -0.3 is 19.4 Å². The molecule has 3 heterocycles. The Hall–Kier alpha value is -3.06. The number of esters is 1. The summed E-state index contributed by atoms with van der Waals surface area (Å²) in [5.41, 5.74) is 1.61. The number of rotatable bonds is 5. The Balaban J connectivity index is 1.60. The molecular formula is C22H22ClN3O4. The smallest absolute Gasteiger partial charge is 0.310 e. The molecule has 2 aromatic heterocycles. The fourth-order valence-electron chi connectivity index (χ4n) is 3.62. The third kappa shape index (κ3) is 4.26. The Morgan fingerprint density at radius 1 is 1.30 bits per heavy atom. The second kappa shape index (κ2) is 8.75. The molecule has 0 spiro atoms. The molecule has 156 valence electrons. The number of halogens is 1. The predicted molar refractivity (Wildman–Crippen MR) is 114 cm³/mol. The van der Waals surface area contributed by atoms with Gasteiger partial charge in [0.2, 0.25) is 0 Å². The molecule has 30 heavy (non-hydrogen) atoms. The average Bonchev–Trinajstić information content (AvgIpc) is 3.24. The molecule has 1 aliphatic rings. The van der Waals surface area contributed by atoms with E-state index >= 15 is 0 Å². The van der Waals surface area contributed by atoms with Gasteiger partial charge in [0.15, 0.2) is 0 Å². The van der Waals surface area contributed by atoms with Crippen LogP contribution in [0.5, 0.6) is 0 Å². The highest BCUT2D eigenvalue weighted by Gasteiger charge is 2.30. The molecule has 3 aromatic rings. The molecule has 1 amide bonds. The van der Waals surface area contributed by atoms with Crippen molar-refractivity contribution >= 4 is 46.0 Å². The first-order valence-corrected chi connectivity index (χ1v) is 10.3. The van der Waals surface area contributed by atoms with Crippen molar-refractivity contribution in [2.45, 2.75) is 19.8 Å². The van der Waals surface area contributed by atoms with E-state index < -0.39 is 0 Å². The molecule has 4 rings (SSSR count). The summed E-state index contributed by atoms with van der Waals surface area (Å²) in [7, 11) is 0. The molecule has 0 aliphatic carbocycles. The standard InChI is InChI=1S/C22H22ClN3O4/c1-2-29-22(28)14-4-3-10-26(13-14)21(27)18-12-19-17(9-11-30-19)20(25-18)24-16-7-5-15(23)6-8-16/h5-9,11-12,14H,2-4,10,13H2,1H3,(H,24,25)/t14-/m0/s1. The van der Waals surface area contributed by atoms with Gasteiger partial charge in [-0.05, 0) is 50.1 Å². The van der Waals surface area contributed by atoms with Crippen LogP contribution in [0.2, 0.25) is 5.02 Å². The Kier molecular flexibility index (Phi) is 5.90. The van der Waals surface area contributed by atoms with Gasteiger partial charge in [0.05, 0.1) is 24.2 Å². The highest BCUT2D eigenvalue weighted by molar-refractivity contribution is 6.30. The minimum Gasteiger partial charge on any atom is -0.466 e. The molecule has 1 aliphatic heterocycles. The molecule has 8 heteroatoms. The van der Waals surface area contributed by atoms with Crippen LogP contribution in [0.4, 0.5) is 11.5 Å². The van der Waals surface area contributed by atoms with Crippen LogP contribution in [0.25, 0.3) is 11.0 Å². The Morgan fingerprint density at radius 3 is 2.87 bits per heavy atom. The molecule has 1 fully saturated rings. The number of hydrogen-bond acceptors (Lipinski definition) is 6. The number of pyridine rings is 1. The molecule has 0 saturated carbocycles. The number of benzene rings is 1. The molecule has 7 nitrogen and oxygen atoms in total. The minimum atomic E-state index is -0.304. The molecule has 0 bridgehead atoms. The number of likely N-dealkylation sites (tertiary alicyclic amines) is 1. The number of carbonyl (C=O) groups excluding carboxylic acids is 2. The Labute approximate surface area is 179 Å². The van der Waals surface area contributed by atoms with Crippen LogP contribution in [-0.4, -0.2) is 41.5 Å². The van der Waals surface area contributed by atoms with Gasteiger partial charge in [-0.25, -0.2) is 4.98 Å². The summed E-state index contributed by atoms with van der Waals surface area (Å²) in [6.45, 7) is 3.02. The predicted octanol–water partition coefficient (Wildman–Crippen LogP) is 4.64. The van der Waals surface area contributed by atoms with Gasteiger partial charge in [-0.15, -0.1) is 0 Å². The van der Waals surface area contributed by atoms with Gasteiger partial charge in [-0.3, -0.25) is 9.59 Å². The van der Waals surface area contributed by atoms with Crippen molar-refractivity contribution < 1.29 is 18.7 Å². The lowest BCUT2D eigenvalue weighted by atomic mass is 9.98. The number of anilines is 2. The van der Waals surface area contributed by atoms with Crippen molar-refractivity contribution in [2.75, 3.05) is 25.0 Å². The van der Waals surface area contributed by atoms with E-state index in [2.05, 4.69) is 10.3 Å². The van der Waals surface area contributed by atoms with Crippen molar-refractivity contribution in [3.63, 3.8) is 0 Å². The number of carbonyl (C=O) groups is 2. The van der Waals surface area contributed by atoms with Crippen molar-refractivity contribution in [1.29, 1.82) is 0 Å². The first kappa shape index (κ1) is 20.2. The molecular weight excluding hydrogens is 406 g/mol. The minimum absolute atomic E-state index is 0.235. The summed E-state index contributed by atoms with van der Waals surface area (Å²) in [6.07, 6.45) is 3.02. The quantitative estimate of drug-likeness (QED) is 0.597. The Morgan fingerprint density at radius 2 is 2.10 bits per heavy atom. The third-order valence-electron chi connectivity index (χ3n) is 5.10. The van der Waals surface area contributed by atoms with Gasteiger partial charge in [0.1, 0.15) is 17.1 Å². The fourth-order valence-corrected chi connectivity index (χ4v) is 3.74. The maximum Gasteiger partial charge on any atom is 0.310 e. The zero-order chi connectivity index (χ0) is 21.1. The number of nitrogens with one attached hydrogen (secondary N) is 1. The number of hydrogen-bond donors (Lipinski definition) is 1. The Bertz CT molecular complexity index is 1060. The number of amides is 1. The van der Waals surface area contributed by atoms with Gasteiger partial charge in [-0.1, -0.05) is 11.6 Å². The second-order valence-electron chi connectivity index (χ2n) is 7.16. The first-order chi connectivity index (χ1) is 14.5. The second-order valence-corrected chi connectivity index (χ2v) is 7.60. The number of furan rings is 1. The third-order valence-corrected chi connectivity index (χ3v) is 5.36. The monoisotopic (exact) mass is 427 g/mol. The van der Waals surface area contributed by atoms with Crippen LogP contribution in [0.1, 0.15) is 30.3 Å². The summed E-state index contributed by atoms with van der Waals surface area (Å²) in [4.78, 5) is 31.5. The van der Waals surface area contributed by atoms with Crippen molar-refractivity contribution in [3.8, 4) is 0 Å². The van der Waals surface area contributed by atoms with Crippen LogP contribution in [0, 0.1) is 5.92 Å². The van der Waals surface area contributed by atoms with Gasteiger partial charge >= 0.3 is 5.97 Å². The van der Waals surface area contributed by atoms with Crippen LogP contribution in [-0.2, 0) is 9.53 Å². The van der Waals surface area contributed by atoms with E-state index in [-0.39, 0.29) is 23.5 Å². The van der Waals surface area contributed by atoms with E-state index in [4.69, 9.17) is 20.8 Å². The van der Waals surface area contributed by atoms with E-state index in [0.717, 1.165) is 23.9 Å². The number of ether oxygens (including phenoxy) is 1. The summed E-state index contributed by atoms with van der Waals surface area (Å²) in [6, 6.07) is 10.6. The summed E-state index contributed by atoms with van der Waals surface area (Å²) in [5, 5.41) is 4.63. The lowest BCUT2D eigenvalue weighted by Gasteiger charge is -2.31. The summed E-state index contributed by atoms with van der Waals surface area (Å²) >= 11 is 5.96. The van der Waals surface area contributed by atoms with Crippen LogP contribution < -0.4 is 5.32 Å². The maximum absolute atomic E-state index is 13.2. The first-order valence-electron chi connectivity index (χ1n) is 9.92. The molecule has 0 radical (unpaired) electrons. The molecule has 1 saturated heterocycles. The van der Waals surface area contributed by atoms with Gasteiger partial charge in [0.25, 0.3) is 5.91 Å². The molecule has 1 aromatic carbocycles. The number of piperidine rings is 1. The number of aromatic nitrogens is 1. The maximum atomic E-state index is 13.2. The van der Waals surface area contributed by atoms with E-state index in [1.807, 2.05) is 12.1 Å². The van der Waals surface area contributed by atoms with E-state index in [9.17, 15) is 9.59 Å². The highest BCUT2D eigenvalue weighted by atomic mass is 35.5. The average molecular weight is 428 g/mol. The van der Waals surface area contributed by atoms with Crippen LogP contribution in [0.3, 0.4) is 0 Å². The van der Waals surface area contributed by atoms with Crippen molar-refractivity contribution in [2.24, 2.45) is 5.92 Å². The summed E-state index contributed by atoms with van der Waals surface area (Å²) in [5.74, 6) is -0.275. The molecule has 0 unspecified atom stereocenters. The molecule has 1 atom stereocenters. The van der Waals surface area contributed by atoms with Crippen molar-refractivity contribution in [1.82, 2.24) is 9.88 Å². The molecule has 1 N–H and O–H groups in total. The SMILES string of the molecule is CCOC(=O)[C@H]1CCCN(C(=O)c2cc3occc3c(Nc3ccc(Cl)cc3)n2)C1. The number of fused-ring (bicyclic) bond motifs is 1. The van der Waals surface area contributed by atoms with E-state index in [0.29, 0.717) is 36.1 Å². The number of nitrogens with zero attached hydrogens (tertiary/aromatic N) is 2. The van der Waals surface area contributed by atoms with Gasteiger partial charge in [0, 0.05) is 29.9 Å². The summed E-state index contributed by atoms with van der Waals surface area (Å²) < 4.78 is 10.7. The van der Waals surface area contributed by atoms with E-state index in [1.165, 1.54) is 0 Å². The zero-order valence-electron chi connectivity index (χ0n) is 16.6. The fraction of sp³-hybridized carbons (Fsp3) is 0.318. The topological polar surface area (TPSA) is 84.7 Å². The van der Waals surface area contributed by atoms with Crippen LogP contribution >= 0.6 is 11.6 Å². The largest absolute Gasteiger partial charge is 0.466 e. The zero-order valence-corrected chi connectivity index (χ0v) is 17.3. The van der Waals surface area contributed by atoms with Crippen LogP contribution in [0.15, 0.2) is 47.1 Å². The van der Waals surface area contributed by atoms with Crippen molar-refractivity contribution in [3.05, 3.63) is 53.4 Å². The van der Waals surface area contributed by atoms with E-state index in [1.54, 1.807) is 42.4 Å². The lowest BCUT2D eigenvalue weighted by Crippen LogP contribution is -2.43. The highest BCUT2D eigenvalue weighted by Crippen LogP contribution is 2.28. The van der Waals surface area contributed by atoms with Gasteiger partial charge in [-0.2, -0.15) is 0 Å². The lowest BCUT2D eigenvalue weighted by molar-refractivity contribution is -0.149.